The number of hydrogen-bond acceptors (Lipinski definition) is 8. The first-order valence-electron chi connectivity index (χ1n) is 17.5. The van der Waals surface area contributed by atoms with Crippen LogP contribution in [-0.4, -0.2) is 49.3 Å². The molecule has 262 valence electrons. The molecule has 9 nitrogen and oxygen atoms in total. The Hall–Kier alpha value is -1.77. The van der Waals surface area contributed by atoms with Crippen LogP contribution in [0.25, 0.3) is 0 Å². The second-order valence-electron chi connectivity index (χ2n) is 11.4. The van der Waals surface area contributed by atoms with Crippen LogP contribution in [0.2, 0.25) is 0 Å². The van der Waals surface area contributed by atoms with Crippen molar-refractivity contribution in [2.24, 2.45) is 5.73 Å². The molecule has 3 N–H and O–H groups in total. The van der Waals surface area contributed by atoms with Crippen molar-refractivity contribution in [3.8, 4) is 0 Å². The third-order valence-corrected chi connectivity index (χ3v) is 7.96. The third-order valence-electron chi connectivity index (χ3n) is 6.98. The molecule has 0 heterocycles. The lowest BCUT2D eigenvalue weighted by Crippen LogP contribution is -2.29. The van der Waals surface area contributed by atoms with Gasteiger partial charge in [0, 0.05) is 19.4 Å². The van der Waals surface area contributed by atoms with Crippen LogP contribution in [0.3, 0.4) is 0 Å². The number of carbonyl (C=O) groups is 2. The predicted molar refractivity (Wildman–Crippen MR) is 183 cm³/mol. The molecule has 10 heteroatoms. The zero-order valence-corrected chi connectivity index (χ0v) is 29.2. The van der Waals surface area contributed by atoms with Gasteiger partial charge in [0.05, 0.1) is 13.2 Å². The largest absolute Gasteiger partial charge is 0.472 e. The maximum absolute atomic E-state index is 12.5. The van der Waals surface area contributed by atoms with Crippen molar-refractivity contribution < 1.29 is 37.6 Å². The molecule has 0 radical (unpaired) electrons. The molecule has 0 aromatic carbocycles. The monoisotopic (exact) mass is 657 g/mol. The molecule has 45 heavy (non-hydrogen) atoms. The van der Waals surface area contributed by atoms with Crippen LogP contribution < -0.4 is 5.73 Å². The number of allylic oxidation sites excluding steroid dienone is 6. The number of esters is 2. The van der Waals surface area contributed by atoms with Crippen molar-refractivity contribution in [3.63, 3.8) is 0 Å². The van der Waals surface area contributed by atoms with Crippen molar-refractivity contribution in [2.45, 2.75) is 148 Å². The fraction of sp³-hybridized carbons (Fsp3) is 0.771. The standard InChI is InChI=1S/C35H64NO8P/c1-3-5-7-9-11-13-15-16-18-20-22-24-26-28-35(38)44-33(32-43-45(39,40)42-30-29-36)31-41-34(37)27-25-23-21-19-17-14-12-10-8-6-4-2/h7,9-10,12-13,15,33H,3-6,8,11,14,16-32,36H2,1-2H3,(H,39,40)/b9-7-,12-10-,15-13-. The topological polar surface area (TPSA) is 134 Å². The molecule has 0 aromatic heterocycles. The van der Waals surface area contributed by atoms with E-state index in [9.17, 15) is 19.0 Å². The highest BCUT2D eigenvalue weighted by Crippen LogP contribution is 2.43. The summed E-state index contributed by atoms with van der Waals surface area (Å²) in [6, 6.07) is 0. The minimum Gasteiger partial charge on any atom is -0.462 e. The van der Waals surface area contributed by atoms with Gasteiger partial charge in [0.25, 0.3) is 0 Å². The average molecular weight is 658 g/mol. The molecule has 0 saturated heterocycles. The molecule has 2 atom stereocenters. The number of unbranched alkanes of at least 4 members (excludes halogenated alkanes) is 13. The Morgan fingerprint density at radius 2 is 1.20 bits per heavy atom. The smallest absolute Gasteiger partial charge is 0.462 e. The molecule has 0 aliphatic heterocycles. The Morgan fingerprint density at radius 3 is 1.80 bits per heavy atom. The van der Waals surface area contributed by atoms with E-state index in [1.165, 1.54) is 19.3 Å². The quantitative estimate of drug-likeness (QED) is 0.0314. The van der Waals surface area contributed by atoms with E-state index in [1.807, 2.05) is 0 Å². The maximum Gasteiger partial charge on any atom is 0.472 e. The Kier molecular flexibility index (Phi) is 30.9. The molecule has 0 fully saturated rings. The third kappa shape index (κ3) is 32.0. The van der Waals surface area contributed by atoms with Gasteiger partial charge in [-0.2, -0.15) is 0 Å². The zero-order valence-electron chi connectivity index (χ0n) is 28.3. The van der Waals surface area contributed by atoms with E-state index < -0.39 is 32.5 Å². The Labute approximate surface area is 274 Å². The molecule has 0 rings (SSSR count). The van der Waals surface area contributed by atoms with E-state index in [-0.39, 0.29) is 32.6 Å². The second kappa shape index (κ2) is 32.2. The Bertz CT molecular complexity index is 846. The molecule has 0 saturated carbocycles. The summed E-state index contributed by atoms with van der Waals surface area (Å²) >= 11 is 0. The molecule has 0 bridgehead atoms. The molecular formula is C35H64NO8P. The van der Waals surface area contributed by atoms with Gasteiger partial charge in [0.15, 0.2) is 6.10 Å². The lowest BCUT2D eigenvalue weighted by atomic mass is 10.1. The summed E-state index contributed by atoms with van der Waals surface area (Å²) in [6.07, 6.45) is 31.8. The summed E-state index contributed by atoms with van der Waals surface area (Å²) in [7, 11) is -4.37. The van der Waals surface area contributed by atoms with Crippen LogP contribution >= 0.6 is 7.82 Å². The van der Waals surface area contributed by atoms with Gasteiger partial charge in [0.2, 0.25) is 0 Å². The molecular weight excluding hydrogens is 593 g/mol. The molecule has 2 unspecified atom stereocenters. The van der Waals surface area contributed by atoms with Crippen LogP contribution in [-0.2, 0) is 32.7 Å². The maximum atomic E-state index is 12.5. The molecule has 0 aliphatic carbocycles. The van der Waals surface area contributed by atoms with E-state index in [1.54, 1.807) is 0 Å². The highest BCUT2D eigenvalue weighted by atomic mass is 31.2. The molecule has 0 spiro atoms. The van der Waals surface area contributed by atoms with Crippen LogP contribution in [0.4, 0.5) is 0 Å². The molecule has 0 amide bonds. The van der Waals surface area contributed by atoms with Gasteiger partial charge >= 0.3 is 19.8 Å². The van der Waals surface area contributed by atoms with Gasteiger partial charge in [-0.3, -0.25) is 18.6 Å². The van der Waals surface area contributed by atoms with Gasteiger partial charge < -0.3 is 20.1 Å². The second-order valence-corrected chi connectivity index (χ2v) is 12.8. The lowest BCUT2D eigenvalue weighted by molar-refractivity contribution is -0.161. The number of phosphoric ester groups is 1. The summed E-state index contributed by atoms with van der Waals surface area (Å²) in [5.41, 5.74) is 5.31. The van der Waals surface area contributed by atoms with Crippen molar-refractivity contribution in [1.29, 1.82) is 0 Å². The SMILES string of the molecule is CCC/C=C\C/C=C\CCCCCCCC(=O)OC(COC(=O)CCCCCCC/C=C\CCCC)COP(=O)(O)OCCN. The summed E-state index contributed by atoms with van der Waals surface area (Å²) in [5, 5.41) is 0. The van der Waals surface area contributed by atoms with Crippen molar-refractivity contribution >= 4 is 19.8 Å². The lowest BCUT2D eigenvalue weighted by Gasteiger charge is -2.19. The Morgan fingerprint density at radius 1 is 0.667 bits per heavy atom. The first-order valence-corrected chi connectivity index (χ1v) is 19.0. The normalized spacial score (nSPS) is 14.0. The highest BCUT2D eigenvalue weighted by Gasteiger charge is 2.25. The summed E-state index contributed by atoms with van der Waals surface area (Å²) in [6.45, 7) is 3.57. The fourth-order valence-corrected chi connectivity index (χ4v) is 5.12. The Balaban J connectivity index is 4.32. The van der Waals surface area contributed by atoms with E-state index in [0.717, 1.165) is 89.9 Å². The van der Waals surface area contributed by atoms with Crippen LogP contribution in [0.1, 0.15) is 142 Å². The number of ether oxygens (including phenoxy) is 2. The number of nitrogens with two attached hydrogens (primary N) is 1. The first kappa shape index (κ1) is 43.2. The van der Waals surface area contributed by atoms with Gasteiger partial charge in [-0.25, -0.2) is 4.57 Å². The van der Waals surface area contributed by atoms with Crippen molar-refractivity contribution in [3.05, 3.63) is 36.5 Å². The van der Waals surface area contributed by atoms with Gasteiger partial charge in [-0.05, 0) is 57.8 Å². The molecule has 0 aliphatic rings. The van der Waals surface area contributed by atoms with Gasteiger partial charge in [-0.1, -0.05) is 108 Å². The number of phosphoric acid groups is 1. The van der Waals surface area contributed by atoms with Crippen molar-refractivity contribution in [1.82, 2.24) is 0 Å². The highest BCUT2D eigenvalue weighted by molar-refractivity contribution is 7.47. The van der Waals surface area contributed by atoms with Gasteiger partial charge in [0.1, 0.15) is 6.61 Å². The summed E-state index contributed by atoms with van der Waals surface area (Å²) < 4.78 is 32.5. The average Bonchev–Trinajstić information content (AvgIpc) is 3.02. The minimum absolute atomic E-state index is 0.0491. The number of rotatable bonds is 32. The van der Waals surface area contributed by atoms with E-state index in [0.29, 0.717) is 6.42 Å². The van der Waals surface area contributed by atoms with E-state index in [4.69, 9.17) is 24.3 Å². The minimum atomic E-state index is -4.37. The summed E-state index contributed by atoms with van der Waals surface area (Å²) in [5.74, 6) is -0.862. The summed E-state index contributed by atoms with van der Waals surface area (Å²) in [4.78, 5) is 34.6. The van der Waals surface area contributed by atoms with Crippen LogP contribution in [0.5, 0.6) is 0 Å². The first-order chi connectivity index (χ1) is 21.8. The van der Waals surface area contributed by atoms with Crippen molar-refractivity contribution in [2.75, 3.05) is 26.4 Å². The predicted octanol–water partition coefficient (Wildman–Crippen LogP) is 9.04. The number of hydrogen-bond donors (Lipinski definition) is 2. The zero-order chi connectivity index (χ0) is 33.3. The molecule has 0 aromatic rings. The van der Waals surface area contributed by atoms with E-state index in [2.05, 4.69) is 50.3 Å². The van der Waals surface area contributed by atoms with Crippen LogP contribution in [0, 0.1) is 0 Å². The van der Waals surface area contributed by atoms with E-state index >= 15 is 0 Å². The fourth-order valence-electron chi connectivity index (χ4n) is 4.36. The van der Waals surface area contributed by atoms with Gasteiger partial charge in [-0.15, -0.1) is 0 Å². The van der Waals surface area contributed by atoms with Crippen LogP contribution in [0.15, 0.2) is 36.5 Å². The number of carbonyl (C=O) groups excluding carboxylic acids is 2.